The molecule has 2 saturated heterocycles. The van der Waals surface area contributed by atoms with E-state index in [0.717, 1.165) is 96.3 Å². The van der Waals surface area contributed by atoms with E-state index in [4.69, 9.17) is 28.4 Å². The Labute approximate surface area is 439 Å². The van der Waals surface area contributed by atoms with Gasteiger partial charge in [-0.05, 0) is 89.9 Å². The topological polar surface area (TPSA) is 214 Å². The van der Waals surface area contributed by atoms with Crippen LogP contribution in [0.25, 0.3) is 0 Å². The van der Waals surface area contributed by atoms with Crippen molar-refractivity contribution >= 4 is 5.97 Å². The van der Waals surface area contributed by atoms with Crippen LogP contribution < -0.4 is 0 Å². The molecule has 0 radical (unpaired) electrons. The Balaban J connectivity index is 1.75. The number of esters is 1. The SMILES string of the molecule is CC/C=C\C/C=C\C/C=C\C/C=C\C/C=C\CCCCCCCC(=O)OC(COCCCCCCCCCC/C=C\C/C=C\CCCCC)COC1OC(COC2OC(CO)C(O)C(O)C2O)C(O)C(O)C1O. The Morgan fingerprint density at radius 2 is 0.890 bits per heavy atom. The number of carbonyl (C=O) groups is 1. The van der Waals surface area contributed by atoms with Gasteiger partial charge in [-0.15, -0.1) is 0 Å². The molecule has 11 atom stereocenters. The third kappa shape index (κ3) is 32.4. The van der Waals surface area contributed by atoms with Crippen LogP contribution in [0.3, 0.4) is 0 Å². The summed E-state index contributed by atoms with van der Waals surface area (Å²) in [4.78, 5) is 13.1. The maximum absolute atomic E-state index is 13.1. The summed E-state index contributed by atoms with van der Waals surface area (Å²) < 4.78 is 34.3. The lowest BCUT2D eigenvalue weighted by atomic mass is 9.98. The van der Waals surface area contributed by atoms with Crippen LogP contribution in [0.4, 0.5) is 0 Å². The summed E-state index contributed by atoms with van der Waals surface area (Å²) in [6.45, 7) is 3.50. The summed E-state index contributed by atoms with van der Waals surface area (Å²) in [5, 5.41) is 72.3. The lowest BCUT2D eigenvalue weighted by molar-refractivity contribution is -0.332. The molecule has 0 aliphatic carbocycles. The molecule has 0 aromatic heterocycles. The van der Waals surface area contributed by atoms with E-state index in [-0.39, 0.29) is 19.6 Å². The highest BCUT2D eigenvalue weighted by Crippen LogP contribution is 2.26. The lowest BCUT2D eigenvalue weighted by Crippen LogP contribution is -2.61. The summed E-state index contributed by atoms with van der Waals surface area (Å²) in [6, 6.07) is 0. The zero-order valence-corrected chi connectivity index (χ0v) is 44.8. The van der Waals surface area contributed by atoms with Gasteiger partial charge in [0.15, 0.2) is 12.6 Å². The number of aliphatic hydroxyl groups is 7. The maximum Gasteiger partial charge on any atom is 0.306 e. The van der Waals surface area contributed by atoms with E-state index in [1.165, 1.54) is 57.8 Å². The Morgan fingerprint density at radius 1 is 0.466 bits per heavy atom. The molecule has 7 N–H and O–H groups in total. The molecule has 73 heavy (non-hydrogen) atoms. The maximum atomic E-state index is 13.1. The predicted octanol–water partition coefficient (Wildman–Crippen LogP) is 9.63. The molecule has 2 aliphatic heterocycles. The molecule has 2 fully saturated rings. The highest BCUT2D eigenvalue weighted by atomic mass is 16.7. The number of ether oxygens (including phenoxy) is 6. The van der Waals surface area contributed by atoms with Crippen molar-refractivity contribution in [2.45, 2.75) is 248 Å². The number of carbonyl (C=O) groups excluding carboxylic acids is 1. The second kappa shape index (κ2) is 45.4. The number of hydrogen-bond donors (Lipinski definition) is 7. The van der Waals surface area contributed by atoms with Gasteiger partial charge in [0.25, 0.3) is 0 Å². The summed E-state index contributed by atoms with van der Waals surface area (Å²) in [7, 11) is 0. The third-order valence-corrected chi connectivity index (χ3v) is 12.9. The molecule has 0 aromatic rings. The molecule has 2 aliphatic rings. The van der Waals surface area contributed by atoms with Crippen LogP contribution in [0, 0.1) is 0 Å². The first kappa shape index (κ1) is 66.3. The van der Waals surface area contributed by atoms with Crippen LogP contribution in [-0.4, -0.2) is 142 Å². The second-order valence-corrected chi connectivity index (χ2v) is 19.4. The van der Waals surface area contributed by atoms with Crippen LogP contribution in [0.1, 0.15) is 181 Å². The summed E-state index contributed by atoms with van der Waals surface area (Å²) in [5.41, 5.74) is 0. The van der Waals surface area contributed by atoms with Crippen molar-refractivity contribution in [2.24, 2.45) is 0 Å². The van der Waals surface area contributed by atoms with Crippen molar-refractivity contribution in [2.75, 3.05) is 33.0 Å². The summed E-state index contributed by atoms with van der Waals surface area (Å²) >= 11 is 0. The average Bonchev–Trinajstić information content (AvgIpc) is 3.39. The van der Waals surface area contributed by atoms with Crippen molar-refractivity contribution < 1.29 is 69.0 Å². The van der Waals surface area contributed by atoms with Crippen LogP contribution in [0.5, 0.6) is 0 Å². The molecule has 2 heterocycles. The van der Waals surface area contributed by atoms with Gasteiger partial charge in [0.1, 0.15) is 54.9 Å². The number of allylic oxidation sites excluding steroid dienone is 14. The van der Waals surface area contributed by atoms with Gasteiger partial charge in [0, 0.05) is 13.0 Å². The third-order valence-electron chi connectivity index (χ3n) is 12.9. The quantitative estimate of drug-likeness (QED) is 0.0172. The highest BCUT2D eigenvalue weighted by molar-refractivity contribution is 5.69. The number of aliphatic hydroxyl groups excluding tert-OH is 7. The van der Waals surface area contributed by atoms with E-state index >= 15 is 0 Å². The Bertz CT molecular complexity index is 1530. The lowest BCUT2D eigenvalue weighted by Gasteiger charge is -2.42. The molecule has 11 unspecified atom stereocenters. The van der Waals surface area contributed by atoms with E-state index in [2.05, 4.69) is 98.9 Å². The zero-order chi connectivity index (χ0) is 53.0. The number of hydrogen-bond acceptors (Lipinski definition) is 14. The van der Waals surface area contributed by atoms with E-state index in [0.29, 0.717) is 13.0 Å². The minimum Gasteiger partial charge on any atom is -0.457 e. The molecule has 0 aromatic carbocycles. The molecule has 14 heteroatoms. The van der Waals surface area contributed by atoms with Crippen molar-refractivity contribution in [1.29, 1.82) is 0 Å². The largest absolute Gasteiger partial charge is 0.457 e. The van der Waals surface area contributed by atoms with Crippen molar-refractivity contribution in [3.63, 3.8) is 0 Å². The highest BCUT2D eigenvalue weighted by Gasteiger charge is 2.47. The molecule has 0 saturated carbocycles. The van der Waals surface area contributed by atoms with Crippen LogP contribution in [-0.2, 0) is 33.2 Å². The predicted molar refractivity (Wildman–Crippen MR) is 288 cm³/mol. The van der Waals surface area contributed by atoms with Crippen molar-refractivity contribution in [3.05, 3.63) is 85.1 Å². The van der Waals surface area contributed by atoms with Crippen LogP contribution in [0.2, 0.25) is 0 Å². The second-order valence-electron chi connectivity index (χ2n) is 19.4. The molecule has 2 rings (SSSR count). The van der Waals surface area contributed by atoms with Gasteiger partial charge < -0.3 is 64.2 Å². The minimum atomic E-state index is -1.72. The zero-order valence-electron chi connectivity index (χ0n) is 44.8. The fraction of sp³-hybridized carbons (Fsp3) is 0.746. The summed E-state index contributed by atoms with van der Waals surface area (Å²) in [6.07, 6.45) is 42.0. The standard InChI is InChI=1S/C59H100O14/c1-3-5-7-9-11-13-15-17-19-21-23-24-25-26-28-30-32-34-36-38-40-42-51(61)71-48(45-68-43-41-39-37-35-33-31-29-27-22-20-18-16-14-12-10-8-6-4-2)46-69-58-57(67)55(65)53(63)50(73-58)47-70-59-56(66)54(64)52(62)49(44-60)72-59/h5,7,11-14,17-20,23-24,26,28,48-50,52-60,62-67H,3-4,6,8-10,15-16,21-22,25,27,29-47H2,1-2H3/b7-5-,13-11-,14-12-,19-17-,20-18-,24-23-,28-26-. The molecule has 420 valence electrons. The first-order valence-corrected chi connectivity index (χ1v) is 28.2. The van der Waals surface area contributed by atoms with Crippen LogP contribution >= 0.6 is 0 Å². The molecule has 14 nitrogen and oxygen atoms in total. The average molecular weight is 1030 g/mol. The number of unbranched alkanes of at least 4 members (excludes halogenated alkanes) is 16. The smallest absolute Gasteiger partial charge is 0.306 e. The van der Waals surface area contributed by atoms with Gasteiger partial charge in [0.2, 0.25) is 0 Å². The Hall–Kier alpha value is -2.83. The molecule has 0 spiro atoms. The molecular formula is C59H100O14. The minimum absolute atomic E-state index is 0.0445. The Morgan fingerprint density at radius 3 is 1.40 bits per heavy atom. The Kier molecular flexibility index (Phi) is 41.2. The molecular weight excluding hydrogens is 933 g/mol. The van der Waals surface area contributed by atoms with Gasteiger partial charge >= 0.3 is 5.97 Å². The molecule has 0 bridgehead atoms. The first-order valence-electron chi connectivity index (χ1n) is 28.2. The van der Waals surface area contributed by atoms with Gasteiger partial charge in [-0.25, -0.2) is 0 Å². The van der Waals surface area contributed by atoms with Gasteiger partial charge in [-0.3, -0.25) is 4.79 Å². The fourth-order valence-corrected chi connectivity index (χ4v) is 8.34. The van der Waals surface area contributed by atoms with E-state index in [9.17, 15) is 40.5 Å². The molecule has 0 amide bonds. The monoisotopic (exact) mass is 1030 g/mol. The van der Waals surface area contributed by atoms with E-state index < -0.39 is 86.7 Å². The fourth-order valence-electron chi connectivity index (χ4n) is 8.34. The van der Waals surface area contributed by atoms with E-state index in [1.54, 1.807) is 0 Å². The summed E-state index contributed by atoms with van der Waals surface area (Å²) in [5.74, 6) is -0.399. The van der Waals surface area contributed by atoms with Gasteiger partial charge in [0.05, 0.1) is 26.4 Å². The normalized spacial score (nSPS) is 25.6. The van der Waals surface area contributed by atoms with Gasteiger partial charge in [-0.2, -0.15) is 0 Å². The van der Waals surface area contributed by atoms with E-state index in [1.807, 2.05) is 0 Å². The van der Waals surface area contributed by atoms with Gasteiger partial charge in [-0.1, -0.05) is 170 Å². The number of rotatable bonds is 44. The van der Waals surface area contributed by atoms with Crippen LogP contribution in [0.15, 0.2) is 85.1 Å². The first-order chi connectivity index (χ1) is 35.6. The van der Waals surface area contributed by atoms with Crippen molar-refractivity contribution in [3.8, 4) is 0 Å². The van der Waals surface area contributed by atoms with Crippen molar-refractivity contribution in [1.82, 2.24) is 0 Å².